The lowest BCUT2D eigenvalue weighted by Gasteiger charge is -2.13. The summed E-state index contributed by atoms with van der Waals surface area (Å²) in [6, 6.07) is -0.139. The van der Waals surface area contributed by atoms with Gasteiger partial charge in [0.15, 0.2) is 0 Å². The summed E-state index contributed by atoms with van der Waals surface area (Å²) in [6.07, 6.45) is -0.887. The van der Waals surface area contributed by atoms with Gasteiger partial charge in [-0.15, -0.1) is 0 Å². The van der Waals surface area contributed by atoms with Crippen molar-refractivity contribution >= 4 is 0 Å². The molecule has 0 aromatic rings. The fraction of sp³-hybridized carbons (Fsp3) is 1.00. The van der Waals surface area contributed by atoms with Gasteiger partial charge in [0.05, 0.1) is 12.2 Å². The first kappa shape index (κ1) is 7.94. The SMILES string of the molecule is OCC[C@H]1NC[C@H](O)[C@@H]1O. The number of hydrogen-bond acceptors (Lipinski definition) is 4. The fourth-order valence-electron chi connectivity index (χ4n) is 1.19. The van der Waals surface area contributed by atoms with E-state index in [-0.39, 0.29) is 12.6 Å². The molecule has 10 heavy (non-hydrogen) atoms. The van der Waals surface area contributed by atoms with E-state index < -0.39 is 12.2 Å². The topological polar surface area (TPSA) is 72.7 Å². The maximum absolute atomic E-state index is 9.16. The van der Waals surface area contributed by atoms with E-state index in [4.69, 9.17) is 15.3 Å². The highest BCUT2D eigenvalue weighted by molar-refractivity contribution is 4.89. The zero-order valence-electron chi connectivity index (χ0n) is 5.70. The van der Waals surface area contributed by atoms with E-state index >= 15 is 0 Å². The van der Waals surface area contributed by atoms with Gasteiger partial charge < -0.3 is 20.6 Å². The van der Waals surface area contributed by atoms with Gasteiger partial charge in [-0.1, -0.05) is 0 Å². The molecule has 0 amide bonds. The van der Waals surface area contributed by atoms with Crippen molar-refractivity contribution in [1.82, 2.24) is 5.32 Å². The van der Waals surface area contributed by atoms with Gasteiger partial charge in [0.25, 0.3) is 0 Å². The molecule has 0 unspecified atom stereocenters. The standard InChI is InChI=1S/C6H13NO3/c8-2-1-4-6(10)5(9)3-7-4/h4-10H,1-3H2/t4-,5+,6-/m1/s1. The molecule has 0 saturated carbocycles. The Morgan fingerprint density at radius 2 is 2.10 bits per heavy atom. The van der Waals surface area contributed by atoms with Crippen molar-refractivity contribution < 1.29 is 15.3 Å². The summed E-state index contributed by atoms with van der Waals surface area (Å²) in [5.41, 5.74) is 0. The van der Waals surface area contributed by atoms with Crippen molar-refractivity contribution in [2.75, 3.05) is 13.2 Å². The van der Waals surface area contributed by atoms with E-state index in [1.807, 2.05) is 0 Å². The normalized spacial score (nSPS) is 40.5. The predicted octanol–water partition coefficient (Wildman–Crippen LogP) is -1.94. The molecular formula is C6H13NO3. The van der Waals surface area contributed by atoms with E-state index in [0.29, 0.717) is 13.0 Å². The third-order valence-corrected chi connectivity index (χ3v) is 1.84. The molecule has 1 rings (SSSR count). The highest BCUT2D eigenvalue weighted by Gasteiger charge is 2.31. The van der Waals surface area contributed by atoms with Gasteiger partial charge in [0.2, 0.25) is 0 Å². The number of hydrogen-bond donors (Lipinski definition) is 4. The molecule has 1 heterocycles. The predicted molar refractivity (Wildman–Crippen MR) is 35.5 cm³/mol. The first-order chi connectivity index (χ1) is 4.75. The smallest absolute Gasteiger partial charge is 0.0964 e. The molecule has 1 saturated heterocycles. The molecule has 0 spiro atoms. The van der Waals surface area contributed by atoms with E-state index in [2.05, 4.69) is 5.32 Å². The van der Waals surface area contributed by atoms with E-state index in [9.17, 15) is 0 Å². The molecule has 1 aliphatic heterocycles. The van der Waals surface area contributed by atoms with Crippen molar-refractivity contribution in [3.05, 3.63) is 0 Å². The van der Waals surface area contributed by atoms with Crippen LogP contribution in [0.3, 0.4) is 0 Å². The average molecular weight is 147 g/mol. The molecule has 1 fully saturated rings. The molecule has 0 aliphatic carbocycles. The maximum Gasteiger partial charge on any atom is 0.0964 e. The third kappa shape index (κ3) is 1.46. The van der Waals surface area contributed by atoms with E-state index in [0.717, 1.165) is 0 Å². The molecule has 0 aromatic heterocycles. The van der Waals surface area contributed by atoms with Crippen LogP contribution in [0.1, 0.15) is 6.42 Å². The Hall–Kier alpha value is -0.160. The molecule has 4 heteroatoms. The average Bonchev–Trinajstić information content (AvgIpc) is 2.20. The lowest BCUT2D eigenvalue weighted by atomic mass is 10.1. The van der Waals surface area contributed by atoms with Crippen molar-refractivity contribution in [3.63, 3.8) is 0 Å². The van der Waals surface area contributed by atoms with Gasteiger partial charge in [0, 0.05) is 19.2 Å². The number of aliphatic hydroxyl groups excluding tert-OH is 3. The van der Waals surface area contributed by atoms with Crippen molar-refractivity contribution in [1.29, 1.82) is 0 Å². The molecule has 60 valence electrons. The Labute approximate surface area is 59.5 Å². The maximum atomic E-state index is 9.16. The van der Waals surface area contributed by atoms with Crippen LogP contribution in [0, 0.1) is 0 Å². The fourth-order valence-corrected chi connectivity index (χ4v) is 1.19. The molecular weight excluding hydrogens is 134 g/mol. The second kappa shape index (κ2) is 3.30. The third-order valence-electron chi connectivity index (χ3n) is 1.84. The van der Waals surface area contributed by atoms with Crippen LogP contribution in [0.25, 0.3) is 0 Å². The molecule has 3 atom stereocenters. The van der Waals surface area contributed by atoms with Gasteiger partial charge in [-0.2, -0.15) is 0 Å². The van der Waals surface area contributed by atoms with E-state index in [1.165, 1.54) is 0 Å². The van der Waals surface area contributed by atoms with Crippen LogP contribution in [0.15, 0.2) is 0 Å². The molecule has 4 nitrogen and oxygen atoms in total. The van der Waals surface area contributed by atoms with Crippen molar-refractivity contribution in [2.24, 2.45) is 0 Å². The Morgan fingerprint density at radius 3 is 2.50 bits per heavy atom. The van der Waals surface area contributed by atoms with Crippen molar-refractivity contribution in [3.8, 4) is 0 Å². The lowest BCUT2D eigenvalue weighted by molar-refractivity contribution is 0.0363. The largest absolute Gasteiger partial charge is 0.396 e. The van der Waals surface area contributed by atoms with Gasteiger partial charge in [-0.3, -0.25) is 0 Å². The summed E-state index contributed by atoms with van der Waals surface area (Å²) in [5.74, 6) is 0. The summed E-state index contributed by atoms with van der Waals surface area (Å²) < 4.78 is 0. The monoisotopic (exact) mass is 147 g/mol. The number of β-amino-alcohol motifs (C(OH)–C–C–N with tert-alkyl or cyclic N) is 1. The Balaban J connectivity index is 2.33. The highest BCUT2D eigenvalue weighted by Crippen LogP contribution is 2.09. The second-order valence-electron chi connectivity index (χ2n) is 2.58. The van der Waals surface area contributed by atoms with Crippen LogP contribution < -0.4 is 5.32 Å². The molecule has 0 bridgehead atoms. The molecule has 1 aliphatic rings. The Morgan fingerprint density at radius 1 is 1.40 bits per heavy atom. The van der Waals surface area contributed by atoms with Gasteiger partial charge in [-0.05, 0) is 6.42 Å². The van der Waals surface area contributed by atoms with Crippen LogP contribution in [-0.2, 0) is 0 Å². The molecule has 0 radical (unpaired) electrons. The van der Waals surface area contributed by atoms with Crippen LogP contribution in [0.4, 0.5) is 0 Å². The number of nitrogens with one attached hydrogen (secondary N) is 1. The quantitative estimate of drug-likeness (QED) is 0.367. The minimum Gasteiger partial charge on any atom is -0.396 e. The Bertz CT molecular complexity index is 107. The Kier molecular flexibility index (Phi) is 2.62. The zero-order chi connectivity index (χ0) is 7.56. The summed E-state index contributed by atoms with van der Waals surface area (Å²) >= 11 is 0. The molecule has 4 N–H and O–H groups in total. The minimum absolute atomic E-state index is 0.0431. The van der Waals surface area contributed by atoms with Gasteiger partial charge >= 0.3 is 0 Å². The number of rotatable bonds is 2. The highest BCUT2D eigenvalue weighted by atomic mass is 16.3. The van der Waals surface area contributed by atoms with Crippen LogP contribution in [0.5, 0.6) is 0 Å². The zero-order valence-corrected chi connectivity index (χ0v) is 5.70. The second-order valence-corrected chi connectivity index (χ2v) is 2.58. The van der Waals surface area contributed by atoms with E-state index in [1.54, 1.807) is 0 Å². The summed E-state index contributed by atoms with van der Waals surface area (Å²) in [4.78, 5) is 0. The number of aliphatic hydroxyl groups is 3. The molecule has 0 aromatic carbocycles. The first-order valence-electron chi connectivity index (χ1n) is 3.46. The van der Waals surface area contributed by atoms with Crippen LogP contribution >= 0.6 is 0 Å². The van der Waals surface area contributed by atoms with Gasteiger partial charge in [0.1, 0.15) is 0 Å². The van der Waals surface area contributed by atoms with Crippen molar-refractivity contribution in [2.45, 2.75) is 24.7 Å². The van der Waals surface area contributed by atoms with Gasteiger partial charge in [-0.25, -0.2) is 0 Å². The summed E-state index contributed by atoms with van der Waals surface area (Å²) in [6.45, 7) is 0.466. The summed E-state index contributed by atoms with van der Waals surface area (Å²) in [5, 5.41) is 29.6. The lowest BCUT2D eigenvalue weighted by Crippen LogP contribution is -2.33. The summed E-state index contributed by atoms with van der Waals surface area (Å²) in [7, 11) is 0. The first-order valence-corrected chi connectivity index (χ1v) is 3.46. The minimum atomic E-state index is -0.716. The van der Waals surface area contributed by atoms with Crippen LogP contribution in [-0.4, -0.2) is 46.7 Å². The van der Waals surface area contributed by atoms with Crippen LogP contribution in [0.2, 0.25) is 0 Å².